The lowest BCUT2D eigenvalue weighted by Gasteiger charge is -2.18. The predicted octanol–water partition coefficient (Wildman–Crippen LogP) is 2.39. The lowest BCUT2D eigenvalue weighted by molar-refractivity contribution is 0.144. The van der Waals surface area contributed by atoms with E-state index >= 15 is 0 Å². The van der Waals surface area contributed by atoms with Crippen LogP contribution in [-0.4, -0.2) is 37.7 Å². The topological polar surface area (TPSA) is 41.6 Å². The van der Waals surface area contributed by atoms with Crippen LogP contribution >= 0.6 is 0 Å². The summed E-state index contributed by atoms with van der Waals surface area (Å²) in [4.78, 5) is 13.3. The van der Waals surface area contributed by atoms with Crippen LogP contribution < -0.4 is 5.32 Å². The Bertz CT molecular complexity index is 382. The summed E-state index contributed by atoms with van der Waals surface area (Å²) in [5.41, 5.74) is 0.897. The first-order chi connectivity index (χ1) is 9.13. The average Bonchev–Trinajstić information content (AvgIpc) is 2.41. The molecule has 1 aromatic rings. The fourth-order valence-corrected chi connectivity index (χ4v) is 1.58. The Labute approximate surface area is 113 Å². The molecule has 0 saturated heterocycles. The number of nitrogens with zero attached hydrogens (tertiary/aromatic N) is 1. The van der Waals surface area contributed by atoms with Gasteiger partial charge in [-0.15, -0.1) is 0 Å². The molecule has 0 aliphatic rings. The van der Waals surface area contributed by atoms with Gasteiger partial charge in [0.1, 0.15) is 5.82 Å². The maximum Gasteiger partial charge on any atom is 0.317 e. The Morgan fingerprint density at radius 2 is 2.05 bits per heavy atom. The van der Waals surface area contributed by atoms with Crippen molar-refractivity contribution in [2.24, 2.45) is 0 Å². The molecule has 0 aliphatic carbocycles. The second-order valence-corrected chi connectivity index (χ2v) is 4.26. The molecule has 0 heterocycles. The number of urea groups is 1. The summed E-state index contributed by atoms with van der Waals surface area (Å²) < 4.78 is 17.9. The summed E-state index contributed by atoms with van der Waals surface area (Å²) in [6, 6.07) is 6.00. The third kappa shape index (κ3) is 6.20. The molecule has 0 radical (unpaired) electrons. The molecule has 0 spiro atoms. The number of hydrogen-bond donors (Lipinski definition) is 1. The molecule has 0 saturated carbocycles. The van der Waals surface area contributed by atoms with Gasteiger partial charge in [-0.2, -0.15) is 0 Å². The number of carbonyl (C=O) groups is 1. The monoisotopic (exact) mass is 268 g/mol. The van der Waals surface area contributed by atoms with Crippen LogP contribution in [0.25, 0.3) is 0 Å². The number of benzene rings is 1. The highest BCUT2D eigenvalue weighted by atomic mass is 19.1. The van der Waals surface area contributed by atoms with Crippen LogP contribution in [0.2, 0.25) is 0 Å². The van der Waals surface area contributed by atoms with Crippen LogP contribution in [0.5, 0.6) is 0 Å². The van der Waals surface area contributed by atoms with Crippen LogP contribution in [0.3, 0.4) is 0 Å². The van der Waals surface area contributed by atoms with Crippen LogP contribution in [0.15, 0.2) is 24.3 Å². The van der Waals surface area contributed by atoms with Gasteiger partial charge < -0.3 is 15.0 Å². The van der Waals surface area contributed by atoms with Crippen molar-refractivity contribution in [1.82, 2.24) is 10.2 Å². The van der Waals surface area contributed by atoms with Crippen molar-refractivity contribution >= 4 is 6.03 Å². The van der Waals surface area contributed by atoms with Crippen molar-refractivity contribution in [3.63, 3.8) is 0 Å². The first-order valence-electron chi connectivity index (χ1n) is 6.44. The Morgan fingerprint density at radius 3 is 2.68 bits per heavy atom. The van der Waals surface area contributed by atoms with E-state index in [0.29, 0.717) is 26.3 Å². The molecule has 1 aromatic carbocycles. The minimum atomic E-state index is -0.272. The number of ether oxygens (including phenoxy) is 1. The quantitative estimate of drug-likeness (QED) is 0.771. The van der Waals surface area contributed by atoms with E-state index in [1.165, 1.54) is 12.1 Å². The lowest BCUT2D eigenvalue weighted by atomic mass is 10.2. The zero-order chi connectivity index (χ0) is 14.1. The number of rotatable bonds is 7. The van der Waals surface area contributed by atoms with Crippen LogP contribution in [0.1, 0.15) is 18.9 Å². The molecular weight excluding hydrogens is 247 g/mol. The first-order valence-corrected chi connectivity index (χ1v) is 6.44. The molecule has 1 N–H and O–H groups in total. The third-order valence-electron chi connectivity index (χ3n) is 2.63. The molecule has 0 unspecified atom stereocenters. The number of hydrogen-bond acceptors (Lipinski definition) is 2. The largest absolute Gasteiger partial charge is 0.382 e. The predicted molar refractivity (Wildman–Crippen MR) is 72.4 cm³/mol. The van der Waals surface area contributed by atoms with E-state index in [0.717, 1.165) is 12.0 Å². The van der Waals surface area contributed by atoms with Gasteiger partial charge in [-0.1, -0.05) is 12.1 Å². The number of halogens is 1. The molecule has 106 valence electrons. The Hall–Kier alpha value is -1.62. The van der Waals surface area contributed by atoms with E-state index in [1.54, 1.807) is 24.1 Å². The maximum absolute atomic E-state index is 12.7. The zero-order valence-electron chi connectivity index (χ0n) is 11.5. The lowest BCUT2D eigenvalue weighted by Crippen LogP contribution is -2.37. The van der Waals surface area contributed by atoms with Crippen molar-refractivity contribution in [3.05, 3.63) is 35.6 Å². The molecule has 2 amide bonds. The van der Waals surface area contributed by atoms with E-state index in [4.69, 9.17) is 4.74 Å². The van der Waals surface area contributed by atoms with E-state index < -0.39 is 0 Å². The minimum Gasteiger partial charge on any atom is -0.382 e. The first kappa shape index (κ1) is 15.4. The normalized spacial score (nSPS) is 10.3. The van der Waals surface area contributed by atoms with E-state index in [1.807, 2.05) is 6.92 Å². The molecule has 0 atom stereocenters. The van der Waals surface area contributed by atoms with Gasteiger partial charge in [0.05, 0.1) is 0 Å². The minimum absolute atomic E-state index is 0.138. The van der Waals surface area contributed by atoms with Gasteiger partial charge in [0.2, 0.25) is 0 Å². The summed E-state index contributed by atoms with van der Waals surface area (Å²) >= 11 is 0. The molecular formula is C14H21FN2O2. The SMILES string of the molecule is CCOCCCNC(=O)N(C)Cc1ccc(F)cc1. The number of amides is 2. The van der Waals surface area contributed by atoms with Crippen molar-refractivity contribution in [1.29, 1.82) is 0 Å². The fraction of sp³-hybridized carbons (Fsp3) is 0.500. The van der Waals surface area contributed by atoms with Gasteiger partial charge >= 0.3 is 6.03 Å². The van der Waals surface area contributed by atoms with E-state index in [2.05, 4.69) is 5.32 Å². The van der Waals surface area contributed by atoms with Crippen molar-refractivity contribution in [3.8, 4) is 0 Å². The summed E-state index contributed by atoms with van der Waals surface area (Å²) in [7, 11) is 1.71. The average molecular weight is 268 g/mol. The van der Waals surface area contributed by atoms with Gasteiger partial charge in [0.15, 0.2) is 0 Å². The van der Waals surface area contributed by atoms with Gasteiger partial charge in [-0.25, -0.2) is 9.18 Å². The standard InChI is InChI=1S/C14H21FN2O2/c1-3-19-10-4-9-16-14(18)17(2)11-12-5-7-13(15)8-6-12/h5-8H,3-4,9-11H2,1-2H3,(H,16,18). The summed E-state index contributed by atoms with van der Waals surface area (Å²) in [5.74, 6) is -0.272. The van der Waals surface area contributed by atoms with Crippen LogP contribution in [0, 0.1) is 5.82 Å². The molecule has 5 heteroatoms. The van der Waals surface area contributed by atoms with Crippen molar-refractivity contribution < 1.29 is 13.9 Å². The molecule has 19 heavy (non-hydrogen) atoms. The third-order valence-corrected chi connectivity index (χ3v) is 2.63. The molecule has 4 nitrogen and oxygen atoms in total. The van der Waals surface area contributed by atoms with Crippen molar-refractivity contribution in [2.45, 2.75) is 19.9 Å². The molecule has 0 bridgehead atoms. The Kier molecular flexibility index (Phi) is 6.89. The van der Waals surface area contributed by atoms with Crippen LogP contribution in [-0.2, 0) is 11.3 Å². The summed E-state index contributed by atoms with van der Waals surface area (Å²) in [5, 5.41) is 2.81. The van der Waals surface area contributed by atoms with E-state index in [9.17, 15) is 9.18 Å². The molecule has 0 fully saturated rings. The Balaban J connectivity index is 2.26. The summed E-state index contributed by atoms with van der Waals surface area (Å²) in [6.45, 7) is 4.33. The van der Waals surface area contributed by atoms with Crippen LogP contribution in [0.4, 0.5) is 9.18 Å². The highest BCUT2D eigenvalue weighted by molar-refractivity contribution is 5.73. The zero-order valence-corrected chi connectivity index (χ0v) is 11.5. The van der Waals surface area contributed by atoms with Gasteiger partial charge in [-0.05, 0) is 31.0 Å². The van der Waals surface area contributed by atoms with Crippen molar-refractivity contribution in [2.75, 3.05) is 26.8 Å². The number of carbonyl (C=O) groups excluding carboxylic acids is 1. The Morgan fingerprint density at radius 1 is 1.37 bits per heavy atom. The van der Waals surface area contributed by atoms with Gasteiger partial charge in [-0.3, -0.25) is 0 Å². The smallest absolute Gasteiger partial charge is 0.317 e. The molecule has 0 aliphatic heterocycles. The summed E-state index contributed by atoms with van der Waals surface area (Å²) in [6.07, 6.45) is 0.796. The second-order valence-electron chi connectivity index (χ2n) is 4.26. The molecule has 1 rings (SSSR count). The highest BCUT2D eigenvalue weighted by Crippen LogP contribution is 2.05. The fourth-order valence-electron chi connectivity index (χ4n) is 1.58. The highest BCUT2D eigenvalue weighted by Gasteiger charge is 2.08. The van der Waals surface area contributed by atoms with Gasteiger partial charge in [0, 0.05) is 33.4 Å². The second kappa shape index (κ2) is 8.48. The number of nitrogens with one attached hydrogen (secondary N) is 1. The molecule has 0 aromatic heterocycles. The van der Waals surface area contributed by atoms with Gasteiger partial charge in [0.25, 0.3) is 0 Å². The van der Waals surface area contributed by atoms with E-state index in [-0.39, 0.29) is 11.8 Å². The maximum atomic E-state index is 12.7.